The Kier molecular flexibility index (Phi) is 2.91. The highest BCUT2D eigenvalue weighted by atomic mass is 14.8. The van der Waals surface area contributed by atoms with Crippen molar-refractivity contribution in [2.24, 2.45) is 0 Å². The average molecular weight is 212 g/mol. The maximum Gasteiger partial charge on any atom is 0.123 e. The van der Waals surface area contributed by atoms with Gasteiger partial charge >= 0.3 is 0 Å². The molecule has 0 saturated carbocycles. The van der Waals surface area contributed by atoms with Crippen molar-refractivity contribution in [3.63, 3.8) is 0 Å². The number of nitrogen functional groups attached to an aromatic ring is 1. The van der Waals surface area contributed by atoms with Gasteiger partial charge in [-0.25, -0.2) is 4.98 Å². The topological polar surface area (TPSA) is 38.9 Å². The number of aromatic nitrogens is 1. The first-order valence-corrected chi connectivity index (χ1v) is 5.52. The largest absolute Gasteiger partial charge is 0.384 e. The van der Waals surface area contributed by atoms with Gasteiger partial charge in [-0.3, -0.25) is 0 Å². The summed E-state index contributed by atoms with van der Waals surface area (Å²) < 4.78 is 0. The van der Waals surface area contributed by atoms with Crippen molar-refractivity contribution in [3.05, 3.63) is 47.7 Å². The van der Waals surface area contributed by atoms with Crippen LogP contribution in [0.3, 0.4) is 0 Å². The molecule has 0 aliphatic heterocycles. The van der Waals surface area contributed by atoms with Gasteiger partial charge in [0.15, 0.2) is 0 Å². The highest BCUT2D eigenvalue weighted by molar-refractivity contribution is 5.68. The molecule has 0 aliphatic rings. The zero-order valence-electron chi connectivity index (χ0n) is 9.70. The number of nitrogens with two attached hydrogens (primary N) is 1. The number of anilines is 1. The van der Waals surface area contributed by atoms with Crippen LogP contribution in [-0.2, 0) is 6.42 Å². The molecule has 0 fully saturated rings. The van der Waals surface area contributed by atoms with Gasteiger partial charge in [0, 0.05) is 11.8 Å². The van der Waals surface area contributed by atoms with Crippen LogP contribution in [0.4, 0.5) is 5.82 Å². The predicted molar refractivity (Wildman–Crippen MR) is 68.2 cm³/mol. The Bertz CT molecular complexity index is 504. The highest BCUT2D eigenvalue weighted by Crippen LogP contribution is 2.24. The molecule has 0 bridgehead atoms. The van der Waals surface area contributed by atoms with Gasteiger partial charge in [-0.05, 0) is 36.1 Å². The zero-order chi connectivity index (χ0) is 11.5. The summed E-state index contributed by atoms with van der Waals surface area (Å²) in [5, 5.41) is 0. The van der Waals surface area contributed by atoms with E-state index in [0.29, 0.717) is 5.82 Å². The minimum atomic E-state index is 0.577. The molecule has 2 nitrogen and oxygen atoms in total. The number of pyridine rings is 1. The summed E-state index contributed by atoms with van der Waals surface area (Å²) in [6, 6.07) is 10.5. The molecule has 1 aromatic heterocycles. The second-order valence-corrected chi connectivity index (χ2v) is 3.98. The molecule has 1 aromatic carbocycles. The van der Waals surface area contributed by atoms with Crippen molar-refractivity contribution < 1.29 is 0 Å². The Labute approximate surface area is 96.1 Å². The molecule has 0 aliphatic carbocycles. The van der Waals surface area contributed by atoms with Crippen molar-refractivity contribution in [1.82, 2.24) is 4.98 Å². The first-order valence-electron chi connectivity index (χ1n) is 5.52. The van der Waals surface area contributed by atoms with Crippen molar-refractivity contribution >= 4 is 5.82 Å². The predicted octanol–water partition coefficient (Wildman–Crippen LogP) is 3.20. The first-order chi connectivity index (χ1) is 7.70. The smallest absolute Gasteiger partial charge is 0.123 e. The van der Waals surface area contributed by atoms with Gasteiger partial charge in [0.2, 0.25) is 0 Å². The summed E-state index contributed by atoms with van der Waals surface area (Å²) in [7, 11) is 0. The van der Waals surface area contributed by atoms with Crippen LogP contribution in [0.5, 0.6) is 0 Å². The van der Waals surface area contributed by atoms with E-state index in [0.717, 1.165) is 12.0 Å². The van der Waals surface area contributed by atoms with Crippen LogP contribution in [0, 0.1) is 6.92 Å². The highest BCUT2D eigenvalue weighted by Gasteiger charge is 2.03. The number of hydrogen-bond donors (Lipinski definition) is 1. The summed E-state index contributed by atoms with van der Waals surface area (Å²) in [5.41, 5.74) is 10.5. The third kappa shape index (κ3) is 2.06. The minimum Gasteiger partial charge on any atom is -0.384 e. The molecular formula is C14H16N2. The SMILES string of the molecule is CCc1cccc(-c2cnc(N)cc2C)c1. The van der Waals surface area contributed by atoms with E-state index in [-0.39, 0.29) is 0 Å². The number of rotatable bonds is 2. The quantitative estimate of drug-likeness (QED) is 0.830. The van der Waals surface area contributed by atoms with Gasteiger partial charge in [0.25, 0.3) is 0 Å². The summed E-state index contributed by atoms with van der Waals surface area (Å²) >= 11 is 0. The normalized spacial score (nSPS) is 10.4. The van der Waals surface area contributed by atoms with Crippen LogP contribution < -0.4 is 5.73 Å². The molecule has 0 saturated heterocycles. The Morgan fingerprint density at radius 2 is 2.06 bits per heavy atom. The van der Waals surface area contributed by atoms with Crippen molar-refractivity contribution in [3.8, 4) is 11.1 Å². The van der Waals surface area contributed by atoms with Gasteiger partial charge in [-0.15, -0.1) is 0 Å². The molecule has 82 valence electrons. The van der Waals surface area contributed by atoms with Crippen molar-refractivity contribution in [1.29, 1.82) is 0 Å². The molecule has 2 rings (SSSR count). The van der Waals surface area contributed by atoms with Gasteiger partial charge in [0.1, 0.15) is 5.82 Å². The van der Waals surface area contributed by atoms with E-state index in [2.05, 4.69) is 43.1 Å². The molecule has 0 radical (unpaired) electrons. The fraction of sp³-hybridized carbons (Fsp3) is 0.214. The minimum absolute atomic E-state index is 0.577. The molecule has 0 unspecified atom stereocenters. The number of nitrogens with zero attached hydrogens (tertiary/aromatic N) is 1. The molecule has 2 heteroatoms. The van der Waals surface area contributed by atoms with Crippen LogP contribution >= 0.6 is 0 Å². The molecule has 0 spiro atoms. The van der Waals surface area contributed by atoms with E-state index in [1.54, 1.807) is 0 Å². The van der Waals surface area contributed by atoms with E-state index in [4.69, 9.17) is 5.73 Å². The van der Waals surface area contributed by atoms with Crippen LogP contribution in [-0.4, -0.2) is 4.98 Å². The van der Waals surface area contributed by atoms with E-state index in [1.807, 2.05) is 12.3 Å². The second-order valence-electron chi connectivity index (χ2n) is 3.98. The monoisotopic (exact) mass is 212 g/mol. The third-order valence-corrected chi connectivity index (χ3v) is 2.78. The lowest BCUT2D eigenvalue weighted by molar-refractivity contribution is 1.14. The fourth-order valence-electron chi connectivity index (χ4n) is 1.84. The van der Waals surface area contributed by atoms with Crippen LogP contribution in [0.1, 0.15) is 18.1 Å². The van der Waals surface area contributed by atoms with Crippen molar-refractivity contribution in [2.75, 3.05) is 5.73 Å². The Balaban J connectivity index is 2.49. The summed E-state index contributed by atoms with van der Waals surface area (Å²) in [6.45, 7) is 4.22. The number of hydrogen-bond acceptors (Lipinski definition) is 2. The van der Waals surface area contributed by atoms with Gasteiger partial charge in [-0.1, -0.05) is 31.2 Å². The Hall–Kier alpha value is -1.83. The molecule has 1 heterocycles. The molecule has 0 amide bonds. The van der Waals surface area contributed by atoms with E-state index in [9.17, 15) is 0 Å². The molecule has 2 aromatic rings. The lowest BCUT2D eigenvalue weighted by atomic mass is 10.00. The fourth-order valence-corrected chi connectivity index (χ4v) is 1.84. The summed E-state index contributed by atoms with van der Waals surface area (Å²) in [4.78, 5) is 4.15. The maximum atomic E-state index is 5.65. The van der Waals surface area contributed by atoms with Gasteiger partial charge in [-0.2, -0.15) is 0 Å². The summed E-state index contributed by atoms with van der Waals surface area (Å²) in [5.74, 6) is 0.577. The molecular weight excluding hydrogens is 196 g/mol. The number of benzene rings is 1. The maximum absolute atomic E-state index is 5.65. The Morgan fingerprint density at radius 1 is 1.25 bits per heavy atom. The molecule has 2 N–H and O–H groups in total. The average Bonchev–Trinajstić information content (AvgIpc) is 2.29. The van der Waals surface area contributed by atoms with Crippen LogP contribution in [0.25, 0.3) is 11.1 Å². The van der Waals surface area contributed by atoms with E-state index in [1.165, 1.54) is 16.7 Å². The summed E-state index contributed by atoms with van der Waals surface area (Å²) in [6.07, 6.45) is 2.90. The third-order valence-electron chi connectivity index (χ3n) is 2.78. The lowest BCUT2D eigenvalue weighted by Gasteiger charge is -2.07. The van der Waals surface area contributed by atoms with Gasteiger partial charge < -0.3 is 5.73 Å². The molecule has 0 atom stereocenters. The second kappa shape index (κ2) is 4.35. The zero-order valence-corrected chi connectivity index (χ0v) is 9.70. The lowest BCUT2D eigenvalue weighted by Crippen LogP contribution is -1.93. The first kappa shape index (κ1) is 10.7. The standard InChI is InChI=1S/C14H16N2/c1-3-11-5-4-6-12(8-11)13-9-16-14(15)7-10(13)2/h4-9H,3H2,1-2H3,(H2,15,16). The van der Waals surface area contributed by atoms with Crippen LogP contribution in [0.15, 0.2) is 36.5 Å². The van der Waals surface area contributed by atoms with E-state index >= 15 is 0 Å². The van der Waals surface area contributed by atoms with Gasteiger partial charge in [0.05, 0.1) is 0 Å². The Morgan fingerprint density at radius 3 is 2.75 bits per heavy atom. The molecule has 16 heavy (non-hydrogen) atoms. The van der Waals surface area contributed by atoms with Crippen molar-refractivity contribution in [2.45, 2.75) is 20.3 Å². The van der Waals surface area contributed by atoms with Crippen LogP contribution in [0.2, 0.25) is 0 Å². The number of aryl methyl sites for hydroxylation is 2. The van der Waals surface area contributed by atoms with E-state index < -0.39 is 0 Å².